The Kier molecular flexibility index (Phi) is 7.13. The summed E-state index contributed by atoms with van der Waals surface area (Å²) in [5.41, 5.74) is 3.09. The van der Waals surface area contributed by atoms with E-state index in [4.69, 9.17) is 12.2 Å². The van der Waals surface area contributed by atoms with Gasteiger partial charge in [-0.15, -0.1) is 0 Å². The Balaban J connectivity index is 1.30. The van der Waals surface area contributed by atoms with E-state index in [0.29, 0.717) is 17.3 Å². The van der Waals surface area contributed by atoms with Crippen LogP contribution < -0.4 is 10.6 Å². The second kappa shape index (κ2) is 11.2. The summed E-state index contributed by atoms with van der Waals surface area (Å²) in [6, 6.07) is 29.2. The van der Waals surface area contributed by atoms with E-state index in [1.54, 1.807) is 18.3 Å². The van der Waals surface area contributed by atoms with Crippen LogP contribution in [0.2, 0.25) is 0 Å². The summed E-state index contributed by atoms with van der Waals surface area (Å²) in [5.74, 6) is -0.127. The molecule has 1 aliphatic heterocycles. The van der Waals surface area contributed by atoms with E-state index in [2.05, 4.69) is 15.6 Å². The summed E-state index contributed by atoms with van der Waals surface area (Å²) in [7, 11) is 0. The molecular formula is C31H26N6O3S. The van der Waals surface area contributed by atoms with Gasteiger partial charge in [0.15, 0.2) is 5.11 Å². The molecular weight excluding hydrogens is 536 g/mol. The third-order valence-electron chi connectivity index (χ3n) is 7.24. The molecule has 1 fully saturated rings. The number of nitrogens with zero attached hydrogens (tertiary/aromatic N) is 4. The number of hydrogen-bond donors (Lipinski definition) is 2. The number of carbonyl (C=O) groups is 1. The molecule has 10 heteroatoms. The Morgan fingerprint density at radius 1 is 1.00 bits per heavy atom. The van der Waals surface area contributed by atoms with Gasteiger partial charge in [0.25, 0.3) is 5.69 Å². The zero-order valence-corrected chi connectivity index (χ0v) is 22.7. The van der Waals surface area contributed by atoms with Crippen molar-refractivity contribution in [3.05, 3.63) is 131 Å². The predicted octanol–water partition coefficient (Wildman–Crippen LogP) is 5.94. The van der Waals surface area contributed by atoms with Crippen molar-refractivity contribution in [2.75, 3.05) is 11.9 Å². The van der Waals surface area contributed by atoms with Gasteiger partial charge in [0.2, 0.25) is 5.91 Å². The molecule has 3 aromatic carbocycles. The Morgan fingerprint density at radius 2 is 1.80 bits per heavy atom. The molecule has 1 amide bonds. The largest absolute Gasteiger partial charge is 0.352 e. The van der Waals surface area contributed by atoms with Gasteiger partial charge in [-0.1, -0.05) is 48.5 Å². The van der Waals surface area contributed by atoms with Crippen LogP contribution in [0, 0.1) is 10.1 Å². The minimum atomic E-state index is -0.406. The van der Waals surface area contributed by atoms with Crippen LogP contribution in [0.5, 0.6) is 0 Å². The summed E-state index contributed by atoms with van der Waals surface area (Å²) in [6.07, 6.45) is 3.81. The number of anilines is 1. The summed E-state index contributed by atoms with van der Waals surface area (Å²) >= 11 is 5.79. The molecule has 0 radical (unpaired) electrons. The minimum Gasteiger partial charge on any atom is -0.352 e. The van der Waals surface area contributed by atoms with Crippen LogP contribution in [-0.2, 0) is 4.79 Å². The molecule has 0 bridgehead atoms. The molecule has 204 valence electrons. The molecule has 41 heavy (non-hydrogen) atoms. The second-order valence-electron chi connectivity index (χ2n) is 9.72. The molecule has 2 N–H and O–H groups in total. The van der Waals surface area contributed by atoms with Crippen LogP contribution in [0.4, 0.5) is 11.4 Å². The molecule has 5 aromatic rings. The van der Waals surface area contributed by atoms with Crippen molar-refractivity contribution in [2.24, 2.45) is 0 Å². The van der Waals surface area contributed by atoms with Crippen molar-refractivity contribution in [3.8, 4) is 5.69 Å². The number of benzene rings is 3. The number of rotatable bonds is 8. The molecule has 0 saturated carbocycles. The lowest BCUT2D eigenvalue weighted by atomic mass is 10.0. The highest BCUT2D eigenvalue weighted by Gasteiger charge is 2.41. The van der Waals surface area contributed by atoms with Crippen LogP contribution in [0.25, 0.3) is 16.5 Å². The second-order valence-corrected chi connectivity index (χ2v) is 10.1. The van der Waals surface area contributed by atoms with Gasteiger partial charge in [0.1, 0.15) is 0 Å². The van der Waals surface area contributed by atoms with E-state index in [9.17, 15) is 14.9 Å². The minimum absolute atomic E-state index is 0.00505. The topological polar surface area (TPSA) is 105 Å². The van der Waals surface area contributed by atoms with Crippen molar-refractivity contribution >= 4 is 45.4 Å². The highest BCUT2D eigenvalue weighted by atomic mass is 32.1. The lowest BCUT2D eigenvalue weighted by Crippen LogP contribution is -2.33. The van der Waals surface area contributed by atoms with Gasteiger partial charge in [0.05, 0.1) is 28.4 Å². The van der Waals surface area contributed by atoms with Gasteiger partial charge in [-0.05, 0) is 54.0 Å². The van der Waals surface area contributed by atoms with Crippen molar-refractivity contribution in [3.63, 3.8) is 0 Å². The Hall–Kier alpha value is -5.09. The van der Waals surface area contributed by atoms with Gasteiger partial charge in [-0.25, -0.2) is 0 Å². The first-order valence-corrected chi connectivity index (χ1v) is 13.6. The quantitative estimate of drug-likeness (QED) is 0.137. The molecule has 9 nitrogen and oxygen atoms in total. The fraction of sp³-hybridized carbons (Fsp3) is 0.129. The number of nitro benzene ring substituents is 1. The Labute approximate surface area is 241 Å². The predicted molar refractivity (Wildman–Crippen MR) is 162 cm³/mol. The SMILES string of the molecule is O=C(CCN1C(=S)N[C@@H](c2ccccn2)[C@@H]1c1cccn1-c1cccc([N+](=O)[O-])c1)Nc1cccc2ccccc12. The summed E-state index contributed by atoms with van der Waals surface area (Å²) in [4.78, 5) is 30.8. The third-order valence-corrected chi connectivity index (χ3v) is 7.60. The highest BCUT2D eigenvalue weighted by Crippen LogP contribution is 2.40. The fourth-order valence-electron chi connectivity index (χ4n) is 5.36. The first-order chi connectivity index (χ1) is 20.0. The van der Waals surface area contributed by atoms with E-state index in [1.165, 1.54) is 6.07 Å². The van der Waals surface area contributed by atoms with Crippen LogP contribution in [0.3, 0.4) is 0 Å². The van der Waals surface area contributed by atoms with Crippen LogP contribution in [0.15, 0.2) is 109 Å². The van der Waals surface area contributed by atoms with E-state index in [1.807, 2.05) is 94.5 Å². The molecule has 3 heterocycles. The third kappa shape index (κ3) is 5.24. The molecule has 0 unspecified atom stereocenters. The number of nitro groups is 1. The van der Waals surface area contributed by atoms with Crippen LogP contribution >= 0.6 is 12.2 Å². The summed E-state index contributed by atoms with van der Waals surface area (Å²) in [6.45, 7) is 0.358. The smallest absolute Gasteiger partial charge is 0.271 e. The van der Waals surface area contributed by atoms with E-state index < -0.39 is 4.92 Å². The van der Waals surface area contributed by atoms with Crippen LogP contribution in [0.1, 0.15) is 29.9 Å². The van der Waals surface area contributed by atoms with Crippen LogP contribution in [-0.4, -0.2) is 36.9 Å². The Morgan fingerprint density at radius 3 is 2.63 bits per heavy atom. The first-order valence-electron chi connectivity index (χ1n) is 13.2. The molecule has 0 aliphatic carbocycles. The molecule has 1 saturated heterocycles. The lowest BCUT2D eigenvalue weighted by molar-refractivity contribution is -0.384. The molecule has 0 spiro atoms. The number of nitrogens with one attached hydrogen (secondary N) is 2. The number of fused-ring (bicyclic) bond motifs is 1. The fourth-order valence-corrected chi connectivity index (χ4v) is 5.70. The van der Waals surface area contributed by atoms with Gasteiger partial charge in [0, 0.05) is 54.3 Å². The average Bonchev–Trinajstić information content (AvgIpc) is 3.61. The van der Waals surface area contributed by atoms with Gasteiger partial charge in [-0.3, -0.25) is 19.9 Å². The summed E-state index contributed by atoms with van der Waals surface area (Å²) < 4.78 is 1.92. The monoisotopic (exact) mass is 562 g/mol. The molecule has 6 rings (SSSR count). The lowest BCUT2D eigenvalue weighted by Gasteiger charge is -2.28. The number of amides is 1. The number of aromatic nitrogens is 2. The maximum Gasteiger partial charge on any atom is 0.271 e. The maximum atomic E-state index is 13.2. The average molecular weight is 563 g/mol. The van der Waals surface area contributed by atoms with E-state index >= 15 is 0 Å². The van der Waals surface area contributed by atoms with Gasteiger partial charge >= 0.3 is 0 Å². The molecule has 2 atom stereocenters. The molecule has 1 aliphatic rings. The first kappa shape index (κ1) is 26.1. The van der Waals surface area contributed by atoms with Crippen molar-refractivity contribution in [1.82, 2.24) is 19.8 Å². The molecule has 2 aromatic heterocycles. The number of thiocarbonyl (C=S) groups is 1. The normalized spacial score (nSPS) is 16.5. The highest BCUT2D eigenvalue weighted by molar-refractivity contribution is 7.80. The van der Waals surface area contributed by atoms with Crippen molar-refractivity contribution < 1.29 is 9.72 Å². The number of hydrogen-bond acceptors (Lipinski definition) is 5. The van der Waals surface area contributed by atoms with Gasteiger partial charge < -0.3 is 20.1 Å². The number of non-ortho nitro benzene ring substituents is 1. The van der Waals surface area contributed by atoms with E-state index in [-0.39, 0.29) is 30.1 Å². The van der Waals surface area contributed by atoms with Crippen molar-refractivity contribution in [2.45, 2.75) is 18.5 Å². The van der Waals surface area contributed by atoms with Crippen molar-refractivity contribution in [1.29, 1.82) is 0 Å². The van der Waals surface area contributed by atoms with E-state index in [0.717, 1.165) is 27.8 Å². The van der Waals surface area contributed by atoms with Gasteiger partial charge in [-0.2, -0.15) is 0 Å². The maximum absolute atomic E-state index is 13.2. The number of pyridine rings is 1. The standard InChI is InChI=1S/C31H26N6O3S/c38-28(33-25-14-5-9-21-8-1-2-12-24(21)25)16-19-36-30(29(34-31(36)41)26-13-3-4-17-32-26)27-15-7-18-35(27)22-10-6-11-23(20-22)37(39)40/h1-15,17-18,20,29-30H,16,19H2,(H,33,38)(H,34,41)/t29-,30-/m0/s1. The zero-order chi connectivity index (χ0) is 28.3. The zero-order valence-electron chi connectivity index (χ0n) is 21.9. The Bertz CT molecular complexity index is 1750. The summed E-state index contributed by atoms with van der Waals surface area (Å²) in [5, 5.41) is 20.5. The number of carbonyl (C=O) groups excluding carboxylic acids is 1.